The van der Waals surface area contributed by atoms with Gasteiger partial charge in [0.15, 0.2) is 5.78 Å². The van der Waals surface area contributed by atoms with E-state index in [1.165, 1.54) is 36.9 Å². The van der Waals surface area contributed by atoms with Crippen LogP contribution in [-0.4, -0.2) is 18.4 Å². The molecule has 1 aliphatic heterocycles. The number of carbonyl (C=O) groups is 1. The molecule has 0 aromatic heterocycles. The van der Waals surface area contributed by atoms with E-state index in [0.29, 0.717) is 0 Å². The molecule has 1 aromatic carbocycles. The van der Waals surface area contributed by atoms with Gasteiger partial charge in [0.2, 0.25) is 0 Å². The van der Waals surface area contributed by atoms with Crippen molar-refractivity contribution in [2.45, 2.75) is 45.1 Å². The van der Waals surface area contributed by atoms with Crippen LogP contribution in [0.3, 0.4) is 0 Å². The van der Waals surface area contributed by atoms with Crippen LogP contribution in [0.2, 0.25) is 0 Å². The molecule has 1 fully saturated rings. The molecule has 3 rings (SSSR count). The molecule has 0 bridgehead atoms. The predicted octanol–water partition coefficient (Wildman–Crippen LogP) is 3.19. The molecule has 2 heteroatoms. The van der Waals surface area contributed by atoms with Gasteiger partial charge in [-0.05, 0) is 49.9 Å². The zero-order valence-electron chi connectivity index (χ0n) is 10.4. The maximum Gasteiger partial charge on any atom is 0.159 e. The van der Waals surface area contributed by atoms with Gasteiger partial charge < -0.3 is 4.90 Å². The Labute approximate surface area is 103 Å². The molecule has 0 amide bonds. The number of nitrogens with zero attached hydrogens (tertiary/aromatic N) is 1. The third-order valence-corrected chi connectivity index (χ3v) is 4.18. The van der Waals surface area contributed by atoms with E-state index < -0.39 is 0 Å². The van der Waals surface area contributed by atoms with E-state index in [9.17, 15) is 4.79 Å². The van der Waals surface area contributed by atoms with Gasteiger partial charge in [0.05, 0.1) is 0 Å². The Bertz CT molecular complexity index is 446. The van der Waals surface area contributed by atoms with Gasteiger partial charge >= 0.3 is 0 Å². The van der Waals surface area contributed by atoms with Gasteiger partial charge in [0, 0.05) is 23.8 Å². The highest BCUT2D eigenvalue weighted by Gasteiger charge is 2.28. The number of anilines is 1. The molecule has 1 heterocycles. The summed E-state index contributed by atoms with van der Waals surface area (Å²) in [6, 6.07) is 6.97. The van der Waals surface area contributed by atoms with E-state index in [2.05, 4.69) is 17.0 Å². The second-order valence-corrected chi connectivity index (χ2v) is 5.28. The topological polar surface area (TPSA) is 20.3 Å². The maximum absolute atomic E-state index is 11.4. The molecule has 90 valence electrons. The van der Waals surface area contributed by atoms with Gasteiger partial charge in [-0.15, -0.1) is 0 Å². The first-order chi connectivity index (χ1) is 8.25. The minimum absolute atomic E-state index is 0.173. The SMILES string of the molecule is CC(=O)c1ccc2c(c1)CCN2C1CCCC1. The summed E-state index contributed by atoms with van der Waals surface area (Å²) in [5, 5.41) is 0. The zero-order valence-corrected chi connectivity index (χ0v) is 10.4. The highest BCUT2D eigenvalue weighted by atomic mass is 16.1. The van der Waals surface area contributed by atoms with Crippen molar-refractivity contribution in [3.63, 3.8) is 0 Å². The van der Waals surface area contributed by atoms with E-state index in [1.54, 1.807) is 6.92 Å². The molecule has 1 aliphatic carbocycles. The van der Waals surface area contributed by atoms with E-state index >= 15 is 0 Å². The molecule has 17 heavy (non-hydrogen) atoms. The van der Waals surface area contributed by atoms with Crippen LogP contribution in [0.1, 0.15) is 48.5 Å². The summed E-state index contributed by atoms with van der Waals surface area (Å²) >= 11 is 0. The highest BCUT2D eigenvalue weighted by Crippen LogP contribution is 2.35. The summed E-state index contributed by atoms with van der Waals surface area (Å²) in [5.74, 6) is 0.173. The molecule has 0 saturated heterocycles. The van der Waals surface area contributed by atoms with E-state index in [4.69, 9.17) is 0 Å². The van der Waals surface area contributed by atoms with Crippen molar-refractivity contribution in [3.05, 3.63) is 29.3 Å². The normalized spacial score (nSPS) is 19.7. The zero-order chi connectivity index (χ0) is 11.8. The number of carbonyl (C=O) groups excluding carboxylic acids is 1. The molecule has 0 N–H and O–H groups in total. The van der Waals surface area contributed by atoms with E-state index in [0.717, 1.165) is 24.6 Å². The van der Waals surface area contributed by atoms with Crippen molar-refractivity contribution in [2.75, 3.05) is 11.4 Å². The maximum atomic E-state index is 11.4. The number of rotatable bonds is 2. The fraction of sp³-hybridized carbons (Fsp3) is 0.533. The highest BCUT2D eigenvalue weighted by molar-refractivity contribution is 5.94. The van der Waals surface area contributed by atoms with Crippen molar-refractivity contribution < 1.29 is 4.79 Å². The Morgan fingerprint density at radius 1 is 1.29 bits per heavy atom. The second kappa shape index (κ2) is 4.17. The smallest absolute Gasteiger partial charge is 0.159 e. The summed E-state index contributed by atoms with van der Waals surface area (Å²) in [4.78, 5) is 13.9. The molecule has 1 aromatic rings. The molecule has 0 atom stereocenters. The number of fused-ring (bicyclic) bond motifs is 1. The Hall–Kier alpha value is -1.31. The minimum atomic E-state index is 0.173. The Balaban J connectivity index is 1.89. The van der Waals surface area contributed by atoms with E-state index in [-0.39, 0.29) is 5.78 Å². The number of ketones is 1. The molecule has 0 spiro atoms. The summed E-state index contributed by atoms with van der Waals surface area (Å²) in [6.45, 7) is 2.78. The Morgan fingerprint density at radius 3 is 2.76 bits per heavy atom. The van der Waals surface area contributed by atoms with Gasteiger partial charge in [-0.1, -0.05) is 12.8 Å². The van der Waals surface area contributed by atoms with Gasteiger partial charge in [0.1, 0.15) is 0 Å². The van der Waals surface area contributed by atoms with E-state index in [1.807, 2.05) is 6.07 Å². The van der Waals surface area contributed by atoms with Crippen molar-refractivity contribution in [1.82, 2.24) is 0 Å². The largest absolute Gasteiger partial charge is 0.368 e. The van der Waals surface area contributed by atoms with Crippen LogP contribution in [0.4, 0.5) is 5.69 Å². The first kappa shape index (κ1) is 10.8. The lowest BCUT2D eigenvalue weighted by molar-refractivity contribution is 0.101. The van der Waals surface area contributed by atoms with Crippen molar-refractivity contribution in [1.29, 1.82) is 0 Å². The molecule has 0 unspecified atom stereocenters. The van der Waals surface area contributed by atoms with Crippen molar-refractivity contribution in [2.24, 2.45) is 0 Å². The monoisotopic (exact) mass is 229 g/mol. The molecule has 1 saturated carbocycles. The van der Waals surface area contributed by atoms with Crippen LogP contribution in [0.5, 0.6) is 0 Å². The summed E-state index contributed by atoms with van der Waals surface area (Å²) in [7, 11) is 0. The average molecular weight is 229 g/mol. The van der Waals surface area contributed by atoms with Crippen molar-refractivity contribution >= 4 is 11.5 Å². The van der Waals surface area contributed by atoms with Crippen LogP contribution in [0.15, 0.2) is 18.2 Å². The van der Waals surface area contributed by atoms with Crippen LogP contribution in [0, 0.1) is 0 Å². The third kappa shape index (κ3) is 1.86. The fourth-order valence-corrected chi connectivity index (χ4v) is 3.24. The minimum Gasteiger partial charge on any atom is -0.368 e. The Kier molecular flexibility index (Phi) is 2.65. The van der Waals surface area contributed by atoms with Gasteiger partial charge in [-0.2, -0.15) is 0 Å². The third-order valence-electron chi connectivity index (χ3n) is 4.18. The van der Waals surface area contributed by atoms with Crippen LogP contribution in [0.25, 0.3) is 0 Å². The number of Topliss-reactive ketones (excluding diaryl/α,β-unsaturated/α-hetero) is 1. The summed E-state index contributed by atoms with van der Waals surface area (Å²) < 4.78 is 0. The summed E-state index contributed by atoms with van der Waals surface area (Å²) in [5.41, 5.74) is 3.60. The predicted molar refractivity (Wildman–Crippen MR) is 69.8 cm³/mol. The summed E-state index contributed by atoms with van der Waals surface area (Å²) in [6.07, 6.45) is 6.54. The second-order valence-electron chi connectivity index (χ2n) is 5.28. The van der Waals surface area contributed by atoms with Gasteiger partial charge in [-0.25, -0.2) is 0 Å². The number of hydrogen-bond donors (Lipinski definition) is 0. The lowest BCUT2D eigenvalue weighted by Crippen LogP contribution is -2.31. The first-order valence-corrected chi connectivity index (χ1v) is 6.66. The molecule has 0 radical (unpaired) electrons. The van der Waals surface area contributed by atoms with Crippen LogP contribution in [-0.2, 0) is 6.42 Å². The average Bonchev–Trinajstić information content (AvgIpc) is 2.96. The fourth-order valence-electron chi connectivity index (χ4n) is 3.24. The molecule has 2 aliphatic rings. The number of hydrogen-bond acceptors (Lipinski definition) is 2. The quantitative estimate of drug-likeness (QED) is 0.726. The molecule has 2 nitrogen and oxygen atoms in total. The van der Waals surface area contributed by atoms with Crippen LogP contribution >= 0.6 is 0 Å². The lowest BCUT2D eigenvalue weighted by atomic mass is 10.1. The lowest BCUT2D eigenvalue weighted by Gasteiger charge is -2.26. The van der Waals surface area contributed by atoms with Crippen molar-refractivity contribution in [3.8, 4) is 0 Å². The number of benzene rings is 1. The van der Waals surface area contributed by atoms with Gasteiger partial charge in [0.25, 0.3) is 0 Å². The molecular formula is C15H19NO. The standard InChI is InChI=1S/C15H19NO/c1-11(17)12-6-7-15-13(10-12)8-9-16(15)14-4-2-3-5-14/h6-7,10,14H,2-5,8-9H2,1H3. The van der Waals surface area contributed by atoms with Gasteiger partial charge in [-0.3, -0.25) is 4.79 Å². The first-order valence-electron chi connectivity index (χ1n) is 6.66. The van der Waals surface area contributed by atoms with Crippen LogP contribution < -0.4 is 4.90 Å². The molecular weight excluding hydrogens is 210 g/mol. The Morgan fingerprint density at radius 2 is 2.06 bits per heavy atom.